The average molecular weight is 460 g/mol. The predicted molar refractivity (Wildman–Crippen MR) is 127 cm³/mol. The molecule has 31 heavy (non-hydrogen) atoms. The number of carbonyl (C=O) groups excluding carboxylic acids is 1. The number of unbranched alkanes of at least 4 members (excludes halogenated alkanes) is 1. The SMILES string of the molecule is O=C1NNC(c2ccccc2)=NC1CCCCN1CCN(c2cccc(Cl)c2Cl)CC1. The van der Waals surface area contributed by atoms with Gasteiger partial charge in [-0.15, -0.1) is 0 Å². The van der Waals surface area contributed by atoms with Gasteiger partial charge in [0.15, 0.2) is 0 Å². The molecule has 0 bridgehead atoms. The number of hydrogen-bond donors (Lipinski definition) is 2. The molecule has 2 aromatic carbocycles. The van der Waals surface area contributed by atoms with Gasteiger partial charge in [-0.05, 0) is 37.9 Å². The van der Waals surface area contributed by atoms with Crippen molar-refractivity contribution >= 4 is 40.6 Å². The molecule has 0 spiro atoms. The largest absolute Gasteiger partial charge is 0.368 e. The zero-order valence-electron chi connectivity index (χ0n) is 17.4. The Morgan fingerprint density at radius 2 is 1.71 bits per heavy atom. The second kappa shape index (κ2) is 10.4. The zero-order valence-corrected chi connectivity index (χ0v) is 18.9. The van der Waals surface area contributed by atoms with Gasteiger partial charge in [0.25, 0.3) is 5.91 Å². The minimum absolute atomic E-state index is 0.0632. The van der Waals surface area contributed by atoms with Crippen molar-refractivity contribution in [2.24, 2.45) is 4.99 Å². The van der Waals surface area contributed by atoms with Crippen LogP contribution in [0.5, 0.6) is 0 Å². The standard InChI is InChI=1S/C23H27Cl2N5O/c24-18-9-6-11-20(21(18)25)30-15-13-29(14-16-30)12-5-4-10-19-23(31)28-27-22(26-19)17-7-2-1-3-8-17/h1-3,6-9,11,19H,4-5,10,12-16H2,(H,26,27)(H,28,31). The average Bonchev–Trinajstić information content (AvgIpc) is 2.81. The topological polar surface area (TPSA) is 60.0 Å². The van der Waals surface area contributed by atoms with Gasteiger partial charge >= 0.3 is 0 Å². The molecule has 0 radical (unpaired) electrons. The number of rotatable bonds is 7. The number of nitrogens with zero attached hydrogens (tertiary/aromatic N) is 3. The minimum atomic E-state index is -0.335. The van der Waals surface area contributed by atoms with Gasteiger partial charge in [0.2, 0.25) is 0 Å². The molecule has 1 unspecified atom stereocenters. The summed E-state index contributed by atoms with van der Waals surface area (Å²) in [5, 5.41) is 1.23. The number of anilines is 1. The van der Waals surface area contributed by atoms with Gasteiger partial charge in [0.1, 0.15) is 11.9 Å². The summed E-state index contributed by atoms with van der Waals surface area (Å²) in [6, 6.07) is 15.3. The number of piperazine rings is 1. The number of amidine groups is 1. The van der Waals surface area contributed by atoms with Crippen LogP contribution < -0.4 is 15.8 Å². The number of aliphatic imine (C=N–C) groups is 1. The highest BCUT2D eigenvalue weighted by Gasteiger charge is 2.24. The molecule has 2 aliphatic heterocycles. The first-order valence-corrected chi connectivity index (χ1v) is 11.5. The second-order valence-electron chi connectivity index (χ2n) is 7.87. The molecule has 2 N–H and O–H groups in total. The fourth-order valence-electron chi connectivity index (χ4n) is 4.01. The van der Waals surface area contributed by atoms with Crippen molar-refractivity contribution in [3.63, 3.8) is 0 Å². The fourth-order valence-corrected chi connectivity index (χ4v) is 4.43. The van der Waals surface area contributed by atoms with Gasteiger partial charge in [-0.1, -0.05) is 59.6 Å². The summed E-state index contributed by atoms with van der Waals surface area (Å²) in [6.45, 7) is 4.88. The summed E-state index contributed by atoms with van der Waals surface area (Å²) in [7, 11) is 0. The highest BCUT2D eigenvalue weighted by molar-refractivity contribution is 6.43. The summed E-state index contributed by atoms with van der Waals surface area (Å²) < 4.78 is 0. The Balaban J connectivity index is 1.21. The highest BCUT2D eigenvalue weighted by atomic mass is 35.5. The minimum Gasteiger partial charge on any atom is -0.368 e. The summed E-state index contributed by atoms with van der Waals surface area (Å²) in [5.41, 5.74) is 7.64. The van der Waals surface area contributed by atoms with Gasteiger partial charge in [-0.25, -0.2) is 0 Å². The van der Waals surface area contributed by atoms with Crippen LogP contribution in [-0.4, -0.2) is 55.4 Å². The molecule has 4 rings (SSSR count). The van der Waals surface area contributed by atoms with Crippen LogP contribution >= 0.6 is 23.2 Å². The van der Waals surface area contributed by atoms with Crippen molar-refractivity contribution < 1.29 is 4.79 Å². The van der Waals surface area contributed by atoms with Gasteiger partial charge in [0.05, 0.1) is 15.7 Å². The van der Waals surface area contributed by atoms with Crippen LogP contribution in [0.2, 0.25) is 10.0 Å². The summed E-state index contributed by atoms with van der Waals surface area (Å²) >= 11 is 12.5. The van der Waals surface area contributed by atoms with Crippen molar-refractivity contribution in [2.45, 2.75) is 25.3 Å². The monoisotopic (exact) mass is 459 g/mol. The van der Waals surface area contributed by atoms with Crippen molar-refractivity contribution in [3.8, 4) is 0 Å². The Hall–Kier alpha value is -2.28. The molecule has 6 nitrogen and oxygen atoms in total. The molecular formula is C23H27Cl2N5O. The first-order valence-electron chi connectivity index (χ1n) is 10.7. The molecule has 1 saturated heterocycles. The normalized spacial score (nSPS) is 19.5. The van der Waals surface area contributed by atoms with Crippen molar-refractivity contribution in [1.82, 2.24) is 15.8 Å². The Morgan fingerprint density at radius 1 is 0.935 bits per heavy atom. The third-order valence-corrected chi connectivity index (χ3v) is 6.59. The van der Waals surface area contributed by atoms with E-state index in [4.69, 9.17) is 23.2 Å². The lowest BCUT2D eigenvalue weighted by Crippen LogP contribution is -2.51. The quantitative estimate of drug-likeness (QED) is 0.619. The van der Waals surface area contributed by atoms with Gasteiger partial charge in [0, 0.05) is 31.7 Å². The molecule has 2 heterocycles. The number of carbonyl (C=O) groups is 1. The van der Waals surface area contributed by atoms with E-state index in [1.54, 1.807) is 0 Å². The molecule has 2 aliphatic rings. The van der Waals surface area contributed by atoms with E-state index in [0.717, 1.165) is 69.1 Å². The van der Waals surface area contributed by atoms with Crippen LogP contribution in [0.15, 0.2) is 53.5 Å². The molecule has 1 atom stereocenters. The molecule has 1 fully saturated rings. The van der Waals surface area contributed by atoms with Crippen molar-refractivity contribution in [1.29, 1.82) is 0 Å². The number of nitrogens with one attached hydrogen (secondary N) is 2. The molecule has 2 aromatic rings. The number of hydrazine groups is 1. The van der Waals surface area contributed by atoms with Gasteiger partial charge in [-0.2, -0.15) is 0 Å². The Kier molecular flexibility index (Phi) is 7.33. The summed E-state index contributed by atoms with van der Waals surface area (Å²) in [5.74, 6) is 0.660. The van der Waals surface area contributed by atoms with E-state index in [1.807, 2.05) is 48.5 Å². The summed E-state index contributed by atoms with van der Waals surface area (Å²) in [6.07, 6.45) is 2.76. The lowest BCUT2D eigenvalue weighted by atomic mass is 10.1. The van der Waals surface area contributed by atoms with Crippen molar-refractivity contribution in [2.75, 3.05) is 37.6 Å². The van der Waals surface area contributed by atoms with Gasteiger partial charge < -0.3 is 4.90 Å². The first-order chi connectivity index (χ1) is 15.1. The molecule has 0 aromatic heterocycles. The van der Waals surface area contributed by atoms with Crippen LogP contribution in [0.3, 0.4) is 0 Å². The third kappa shape index (κ3) is 5.50. The molecule has 0 saturated carbocycles. The highest BCUT2D eigenvalue weighted by Crippen LogP contribution is 2.32. The molecule has 164 valence electrons. The van der Waals surface area contributed by atoms with E-state index in [0.29, 0.717) is 10.0 Å². The van der Waals surface area contributed by atoms with Crippen molar-refractivity contribution in [3.05, 3.63) is 64.1 Å². The Morgan fingerprint density at radius 3 is 2.48 bits per heavy atom. The van der Waals surface area contributed by atoms with Crippen LogP contribution in [0.1, 0.15) is 24.8 Å². The summed E-state index contributed by atoms with van der Waals surface area (Å²) in [4.78, 5) is 21.6. The maximum Gasteiger partial charge on any atom is 0.263 e. The van der Waals surface area contributed by atoms with E-state index >= 15 is 0 Å². The van der Waals surface area contributed by atoms with E-state index in [2.05, 4.69) is 25.6 Å². The van der Waals surface area contributed by atoms with Crippen LogP contribution in [-0.2, 0) is 4.79 Å². The molecule has 1 amide bonds. The smallest absolute Gasteiger partial charge is 0.263 e. The van der Waals surface area contributed by atoms with Crippen LogP contribution in [0, 0.1) is 0 Å². The molecular weight excluding hydrogens is 433 g/mol. The number of benzene rings is 2. The van der Waals surface area contributed by atoms with E-state index in [-0.39, 0.29) is 11.9 Å². The second-order valence-corrected chi connectivity index (χ2v) is 8.66. The van der Waals surface area contributed by atoms with Crippen LogP contribution in [0.4, 0.5) is 5.69 Å². The predicted octanol–water partition coefficient (Wildman–Crippen LogP) is 3.74. The lowest BCUT2D eigenvalue weighted by molar-refractivity contribution is -0.123. The van der Waals surface area contributed by atoms with Crippen LogP contribution in [0.25, 0.3) is 0 Å². The first kappa shape index (κ1) is 21.9. The lowest BCUT2D eigenvalue weighted by Gasteiger charge is -2.36. The van der Waals surface area contributed by atoms with E-state index < -0.39 is 0 Å². The van der Waals surface area contributed by atoms with E-state index in [1.165, 1.54) is 0 Å². The fraction of sp³-hybridized carbons (Fsp3) is 0.391. The maximum atomic E-state index is 12.2. The molecule has 8 heteroatoms. The number of halogens is 2. The van der Waals surface area contributed by atoms with Gasteiger partial charge in [-0.3, -0.25) is 25.5 Å². The maximum absolute atomic E-state index is 12.2. The number of amides is 1. The molecule has 0 aliphatic carbocycles. The Bertz CT molecular complexity index is 929. The third-order valence-electron chi connectivity index (χ3n) is 5.79. The number of hydrogen-bond acceptors (Lipinski definition) is 5. The zero-order chi connectivity index (χ0) is 21.6. The Labute approximate surface area is 193 Å². The van der Waals surface area contributed by atoms with E-state index in [9.17, 15) is 4.79 Å².